The van der Waals surface area contributed by atoms with Gasteiger partial charge in [0.15, 0.2) is 5.82 Å². The highest BCUT2D eigenvalue weighted by Crippen LogP contribution is 2.21. The van der Waals surface area contributed by atoms with Gasteiger partial charge < -0.3 is 15.0 Å². The van der Waals surface area contributed by atoms with Crippen molar-refractivity contribution >= 4 is 28.4 Å². The van der Waals surface area contributed by atoms with Crippen LogP contribution in [0, 0.1) is 3.57 Å². The molecule has 2 rings (SSSR count). The average Bonchev–Trinajstić information content (AvgIpc) is 2.29. The molecule has 1 N–H and O–H groups in total. The number of rotatable bonds is 2. The second kappa shape index (κ2) is 5.24. The number of halogens is 1. The molecule has 1 aliphatic rings. The van der Waals surface area contributed by atoms with E-state index in [1.54, 1.807) is 0 Å². The van der Waals surface area contributed by atoms with Gasteiger partial charge in [0, 0.05) is 26.3 Å². The van der Waals surface area contributed by atoms with Crippen molar-refractivity contribution in [1.29, 1.82) is 0 Å². The zero-order chi connectivity index (χ0) is 11.5. The topological polar surface area (TPSA) is 50.3 Å². The lowest BCUT2D eigenvalue weighted by atomic mass is 10.2. The van der Waals surface area contributed by atoms with Crippen LogP contribution in [0.3, 0.4) is 0 Å². The summed E-state index contributed by atoms with van der Waals surface area (Å²) in [5.74, 6) is 1.62. The lowest BCUT2D eigenvalue weighted by Gasteiger charge is -2.29. The molecule has 6 heteroatoms. The number of nitrogens with one attached hydrogen (secondary N) is 1. The number of ether oxygens (including phenoxy) is 1. The van der Waals surface area contributed by atoms with Crippen LogP contribution in [0.2, 0.25) is 0 Å². The summed E-state index contributed by atoms with van der Waals surface area (Å²) in [5, 5.41) is 3.06. The molecule has 2 heterocycles. The fourth-order valence-electron chi connectivity index (χ4n) is 1.65. The van der Waals surface area contributed by atoms with Gasteiger partial charge >= 0.3 is 0 Å². The molecule has 1 aromatic rings. The van der Waals surface area contributed by atoms with E-state index in [1.165, 1.54) is 0 Å². The summed E-state index contributed by atoms with van der Waals surface area (Å²) >= 11 is 2.21. The molecule has 0 radical (unpaired) electrons. The Kier molecular flexibility index (Phi) is 3.93. The Balaban J connectivity index is 2.19. The minimum atomic E-state index is -0.0113. The van der Waals surface area contributed by atoms with Crippen molar-refractivity contribution in [2.75, 3.05) is 39.1 Å². The lowest BCUT2D eigenvalue weighted by Crippen LogP contribution is -2.36. The van der Waals surface area contributed by atoms with Crippen LogP contribution in [0.5, 0.6) is 0 Å². The van der Waals surface area contributed by atoms with Crippen LogP contribution >= 0.6 is 22.6 Å². The third-order valence-corrected chi connectivity index (χ3v) is 3.35. The summed E-state index contributed by atoms with van der Waals surface area (Å²) in [7, 11) is 3.95. The maximum atomic E-state index is 5.68. The zero-order valence-electron chi connectivity index (χ0n) is 9.40. The predicted octanol–water partition coefficient (Wildman–Crippen LogP) is 1.13. The first-order chi connectivity index (χ1) is 7.70. The minimum Gasteiger partial charge on any atom is -0.372 e. The molecular formula is C10H15IN4O. The van der Waals surface area contributed by atoms with Gasteiger partial charge in [-0.3, -0.25) is 0 Å². The Labute approximate surface area is 109 Å². The first-order valence-electron chi connectivity index (χ1n) is 5.21. The van der Waals surface area contributed by atoms with E-state index in [9.17, 15) is 0 Å². The molecule has 0 aromatic carbocycles. The number of aromatic nitrogens is 2. The molecule has 5 nitrogen and oxygen atoms in total. The highest BCUT2D eigenvalue weighted by atomic mass is 127. The average molecular weight is 334 g/mol. The van der Waals surface area contributed by atoms with Crippen LogP contribution in [0.1, 0.15) is 11.9 Å². The number of hydrogen-bond acceptors (Lipinski definition) is 5. The van der Waals surface area contributed by atoms with Gasteiger partial charge in [-0.2, -0.15) is 0 Å². The number of nitrogens with zero attached hydrogens (tertiary/aromatic N) is 3. The second-order valence-electron chi connectivity index (χ2n) is 3.80. The number of anilines is 1. The molecule has 1 saturated heterocycles. The van der Waals surface area contributed by atoms with Gasteiger partial charge in [-0.25, -0.2) is 9.97 Å². The normalized spacial score (nSPS) is 22.1. The quantitative estimate of drug-likeness (QED) is 0.822. The fourth-order valence-corrected chi connectivity index (χ4v) is 2.17. The van der Waals surface area contributed by atoms with Crippen molar-refractivity contribution in [3.05, 3.63) is 15.6 Å². The largest absolute Gasteiger partial charge is 0.372 e. The summed E-state index contributed by atoms with van der Waals surface area (Å²) in [6, 6.07) is 0. The summed E-state index contributed by atoms with van der Waals surface area (Å²) < 4.78 is 6.70. The van der Waals surface area contributed by atoms with E-state index < -0.39 is 0 Å². The van der Waals surface area contributed by atoms with E-state index in [0.717, 1.165) is 34.9 Å². The number of likely N-dealkylation sites (N-methyl/N-ethyl adjacent to an activating group) is 1. The molecule has 1 aliphatic heterocycles. The van der Waals surface area contributed by atoms with Crippen molar-refractivity contribution in [3.63, 3.8) is 0 Å². The third-order valence-electron chi connectivity index (χ3n) is 2.56. The summed E-state index contributed by atoms with van der Waals surface area (Å²) in [6.45, 7) is 2.56. The summed E-state index contributed by atoms with van der Waals surface area (Å²) in [4.78, 5) is 11.0. The summed E-state index contributed by atoms with van der Waals surface area (Å²) in [6.07, 6.45) is 1.81. The Bertz CT molecular complexity index is 374. The predicted molar refractivity (Wildman–Crippen MR) is 70.5 cm³/mol. The maximum absolute atomic E-state index is 5.68. The molecule has 1 unspecified atom stereocenters. The van der Waals surface area contributed by atoms with Crippen molar-refractivity contribution < 1.29 is 4.74 Å². The van der Waals surface area contributed by atoms with Gasteiger partial charge in [-0.1, -0.05) is 0 Å². The SMILES string of the molecule is CNc1nc(C2CN(C)CCO2)ncc1I. The van der Waals surface area contributed by atoms with Crippen LogP contribution < -0.4 is 5.32 Å². The van der Waals surface area contributed by atoms with E-state index >= 15 is 0 Å². The monoisotopic (exact) mass is 334 g/mol. The smallest absolute Gasteiger partial charge is 0.160 e. The van der Waals surface area contributed by atoms with Crippen LogP contribution in [0.25, 0.3) is 0 Å². The molecule has 0 bridgehead atoms. The maximum Gasteiger partial charge on any atom is 0.160 e. The Morgan fingerprint density at radius 2 is 2.44 bits per heavy atom. The second-order valence-corrected chi connectivity index (χ2v) is 4.96. The van der Waals surface area contributed by atoms with Crippen LogP contribution in [0.4, 0.5) is 5.82 Å². The molecule has 0 saturated carbocycles. The fraction of sp³-hybridized carbons (Fsp3) is 0.600. The number of morpholine rings is 1. The van der Waals surface area contributed by atoms with E-state index in [-0.39, 0.29) is 6.10 Å². The first-order valence-corrected chi connectivity index (χ1v) is 6.29. The van der Waals surface area contributed by atoms with Gasteiger partial charge in [0.25, 0.3) is 0 Å². The van der Waals surface area contributed by atoms with Crippen molar-refractivity contribution in [2.45, 2.75) is 6.10 Å². The third kappa shape index (κ3) is 2.61. The van der Waals surface area contributed by atoms with Crippen molar-refractivity contribution in [3.8, 4) is 0 Å². The van der Waals surface area contributed by atoms with Crippen molar-refractivity contribution in [2.24, 2.45) is 0 Å². The standard InChI is InChI=1S/C10H15IN4O/c1-12-9-7(11)5-13-10(14-9)8-6-15(2)3-4-16-8/h5,8H,3-4,6H2,1-2H3,(H,12,13,14). The molecule has 0 spiro atoms. The lowest BCUT2D eigenvalue weighted by molar-refractivity contribution is -0.0254. The summed E-state index contributed by atoms with van der Waals surface area (Å²) in [5.41, 5.74) is 0. The van der Waals surface area contributed by atoms with Gasteiger partial charge in [-0.05, 0) is 29.6 Å². The molecular weight excluding hydrogens is 319 g/mol. The molecule has 0 amide bonds. The van der Waals surface area contributed by atoms with Crippen LogP contribution in [-0.4, -0.2) is 48.7 Å². The van der Waals surface area contributed by atoms with Gasteiger partial charge in [0.05, 0.1) is 10.2 Å². The molecule has 0 aliphatic carbocycles. The highest BCUT2D eigenvalue weighted by Gasteiger charge is 2.22. The van der Waals surface area contributed by atoms with Gasteiger partial charge in [0.2, 0.25) is 0 Å². The van der Waals surface area contributed by atoms with Gasteiger partial charge in [0.1, 0.15) is 11.9 Å². The van der Waals surface area contributed by atoms with Crippen LogP contribution in [0.15, 0.2) is 6.20 Å². The van der Waals surface area contributed by atoms with E-state index in [0.29, 0.717) is 0 Å². The highest BCUT2D eigenvalue weighted by molar-refractivity contribution is 14.1. The number of hydrogen-bond donors (Lipinski definition) is 1. The zero-order valence-corrected chi connectivity index (χ0v) is 11.6. The first kappa shape index (κ1) is 12.0. The van der Waals surface area contributed by atoms with Gasteiger partial charge in [-0.15, -0.1) is 0 Å². The van der Waals surface area contributed by atoms with E-state index in [2.05, 4.69) is 49.8 Å². The molecule has 88 valence electrons. The molecule has 1 fully saturated rings. The molecule has 1 aromatic heterocycles. The Hall–Kier alpha value is -0.470. The van der Waals surface area contributed by atoms with Crippen LogP contribution in [-0.2, 0) is 4.74 Å². The van der Waals surface area contributed by atoms with E-state index in [4.69, 9.17) is 4.74 Å². The Morgan fingerprint density at radius 1 is 1.62 bits per heavy atom. The molecule has 16 heavy (non-hydrogen) atoms. The van der Waals surface area contributed by atoms with E-state index in [1.807, 2.05) is 13.2 Å². The Morgan fingerprint density at radius 3 is 3.12 bits per heavy atom. The molecule has 1 atom stereocenters. The minimum absolute atomic E-state index is 0.0113. The van der Waals surface area contributed by atoms with Crippen molar-refractivity contribution in [1.82, 2.24) is 14.9 Å².